The summed E-state index contributed by atoms with van der Waals surface area (Å²) in [7, 11) is 0. The number of hydrogen-bond acceptors (Lipinski definition) is 6. The first-order valence-corrected chi connectivity index (χ1v) is 5.95. The van der Waals surface area contributed by atoms with Gasteiger partial charge in [0.2, 0.25) is 5.82 Å². The van der Waals surface area contributed by atoms with E-state index in [1.165, 1.54) is 21.9 Å². The van der Waals surface area contributed by atoms with Crippen LogP contribution < -0.4 is 5.32 Å². The molecule has 0 spiro atoms. The maximum absolute atomic E-state index is 11.0. The first kappa shape index (κ1) is 12.8. The van der Waals surface area contributed by atoms with Crippen LogP contribution in [-0.4, -0.2) is 31.4 Å². The third kappa shape index (κ3) is 2.34. The lowest BCUT2D eigenvalue weighted by molar-refractivity contribution is -0.389. The summed E-state index contributed by atoms with van der Waals surface area (Å²) in [4.78, 5) is 25.8. The van der Waals surface area contributed by atoms with Gasteiger partial charge in [-0.05, 0) is 4.92 Å². The van der Waals surface area contributed by atoms with Crippen molar-refractivity contribution >= 4 is 33.9 Å². The number of carbonyl (C=O) groups is 1. The van der Waals surface area contributed by atoms with Crippen LogP contribution in [0.15, 0.2) is 11.6 Å². The van der Waals surface area contributed by atoms with Gasteiger partial charge in [-0.15, -0.1) is 12.3 Å². The number of nitro groups is 1. The number of carboxylic acid groups (broad SMARTS) is 1. The molecule has 0 aliphatic heterocycles. The Bertz CT molecular complexity index is 683. The molecule has 0 bridgehead atoms. The molecule has 0 radical (unpaired) electrons. The fourth-order valence-corrected chi connectivity index (χ4v) is 2.24. The van der Waals surface area contributed by atoms with Gasteiger partial charge >= 0.3 is 11.8 Å². The molecule has 2 heterocycles. The zero-order chi connectivity index (χ0) is 14.0. The lowest BCUT2D eigenvalue weighted by atomic mass is 10.2. The summed E-state index contributed by atoms with van der Waals surface area (Å²) in [5.74, 6) is 0.606. The second kappa shape index (κ2) is 4.95. The number of nitrogens with one attached hydrogen (secondary N) is 1. The van der Waals surface area contributed by atoms with Crippen molar-refractivity contribution in [2.24, 2.45) is 0 Å². The predicted octanol–water partition coefficient (Wildman–Crippen LogP) is 1.19. The quantitative estimate of drug-likeness (QED) is 0.483. The highest BCUT2D eigenvalue weighted by molar-refractivity contribution is 7.15. The molecule has 98 valence electrons. The van der Waals surface area contributed by atoms with E-state index < -0.39 is 16.9 Å². The van der Waals surface area contributed by atoms with E-state index >= 15 is 0 Å². The summed E-state index contributed by atoms with van der Waals surface area (Å²) in [6, 6.07) is -1.12. The first-order chi connectivity index (χ1) is 9.04. The first-order valence-electron chi connectivity index (χ1n) is 5.07. The minimum Gasteiger partial charge on any atom is -0.480 e. The number of aliphatic carboxylic acids is 1. The summed E-state index contributed by atoms with van der Waals surface area (Å²) < 4.78 is 1.28. The number of terminal acetylenes is 1. The van der Waals surface area contributed by atoms with Gasteiger partial charge in [-0.2, -0.15) is 9.38 Å². The minimum atomic E-state index is -1.19. The average molecular weight is 280 g/mol. The molecule has 2 aromatic heterocycles. The van der Waals surface area contributed by atoms with Crippen LogP contribution in [0, 0.1) is 22.5 Å². The van der Waals surface area contributed by atoms with Crippen molar-refractivity contribution < 1.29 is 14.8 Å². The second-order valence-electron chi connectivity index (χ2n) is 3.54. The van der Waals surface area contributed by atoms with E-state index in [0.717, 1.165) is 0 Å². The molecule has 9 heteroatoms. The molecular formula is C10H8N4O4S. The molecule has 0 aliphatic rings. The highest BCUT2D eigenvalue weighted by Gasteiger charge is 2.27. The number of thiazole rings is 1. The summed E-state index contributed by atoms with van der Waals surface area (Å²) in [6.07, 6.45) is 6.46. The van der Waals surface area contributed by atoms with Crippen molar-refractivity contribution in [3.63, 3.8) is 0 Å². The lowest BCUT2D eigenvalue weighted by Gasteiger charge is -2.10. The fourth-order valence-electron chi connectivity index (χ4n) is 1.53. The van der Waals surface area contributed by atoms with Crippen molar-refractivity contribution in [1.82, 2.24) is 9.38 Å². The maximum atomic E-state index is 11.0. The maximum Gasteiger partial charge on any atom is 0.372 e. The fraction of sp³-hybridized carbons (Fsp3) is 0.200. The summed E-state index contributed by atoms with van der Waals surface area (Å²) in [5.41, 5.74) is 0. The zero-order valence-electron chi connectivity index (χ0n) is 9.44. The van der Waals surface area contributed by atoms with E-state index in [-0.39, 0.29) is 18.1 Å². The standard InChI is InChI=1S/C10H8N4O4S/c1-2-3-6(9(15)16)11-7-8(14(17)18)13-4-5-19-10(13)12-7/h1,4-6,11H,3H2,(H,15,16). The molecule has 1 unspecified atom stereocenters. The molecule has 0 fully saturated rings. The van der Waals surface area contributed by atoms with Gasteiger partial charge in [-0.25, -0.2) is 4.79 Å². The Kier molecular flexibility index (Phi) is 3.35. The smallest absolute Gasteiger partial charge is 0.372 e. The molecule has 0 saturated heterocycles. The molecule has 19 heavy (non-hydrogen) atoms. The molecule has 0 amide bonds. The van der Waals surface area contributed by atoms with Crippen LogP contribution in [-0.2, 0) is 4.79 Å². The average Bonchev–Trinajstić information content (AvgIpc) is 2.87. The Hall–Kier alpha value is -2.60. The number of anilines is 1. The van der Waals surface area contributed by atoms with Crippen LogP contribution in [0.4, 0.5) is 11.6 Å². The SMILES string of the molecule is C#CCC(Nc1nc2sccn2c1[N+](=O)[O-])C(=O)O. The second-order valence-corrected chi connectivity index (χ2v) is 4.41. The zero-order valence-corrected chi connectivity index (χ0v) is 10.3. The lowest BCUT2D eigenvalue weighted by Crippen LogP contribution is -2.29. The molecule has 1 atom stereocenters. The van der Waals surface area contributed by atoms with E-state index in [0.29, 0.717) is 4.96 Å². The van der Waals surface area contributed by atoms with Crippen molar-refractivity contribution in [2.45, 2.75) is 12.5 Å². The Labute approximate surface area is 110 Å². The van der Waals surface area contributed by atoms with Crippen LogP contribution in [0.2, 0.25) is 0 Å². The normalized spacial score (nSPS) is 11.9. The van der Waals surface area contributed by atoms with Gasteiger partial charge in [-0.3, -0.25) is 0 Å². The van der Waals surface area contributed by atoms with E-state index in [4.69, 9.17) is 11.5 Å². The highest BCUT2D eigenvalue weighted by atomic mass is 32.1. The minimum absolute atomic E-state index is 0.0977. The van der Waals surface area contributed by atoms with Gasteiger partial charge < -0.3 is 20.5 Å². The van der Waals surface area contributed by atoms with Crippen molar-refractivity contribution in [3.05, 3.63) is 21.7 Å². The third-order valence-electron chi connectivity index (χ3n) is 2.34. The van der Waals surface area contributed by atoms with Crippen molar-refractivity contribution in [1.29, 1.82) is 0 Å². The Morgan fingerprint density at radius 1 is 1.79 bits per heavy atom. The number of fused-ring (bicyclic) bond motifs is 1. The molecule has 2 aromatic rings. The summed E-state index contributed by atoms with van der Waals surface area (Å²) in [6.45, 7) is 0. The molecule has 0 aromatic carbocycles. The Morgan fingerprint density at radius 3 is 3.11 bits per heavy atom. The molecule has 0 aliphatic carbocycles. The molecular weight excluding hydrogens is 272 g/mol. The number of nitrogens with zero attached hydrogens (tertiary/aromatic N) is 3. The highest BCUT2D eigenvalue weighted by Crippen LogP contribution is 2.28. The summed E-state index contributed by atoms with van der Waals surface area (Å²) in [5, 5.41) is 24.1. The van der Waals surface area contributed by atoms with Gasteiger partial charge in [0.15, 0.2) is 0 Å². The van der Waals surface area contributed by atoms with Crippen LogP contribution in [0.3, 0.4) is 0 Å². The predicted molar refractivity (Wildman–Crippen MR) is 68.2 cm³/mol. The van der Waals surface area contributed by atoms with Crippen molar-refractivity contribution in [3.8, 4) is 12.3 Å². The van der Waals surface area contributed by atoms with Gasteiger partial charge in [0.1, 0.15) is 12.2 Å². The van der Waals surface area contributed by atoms with Crippen LogP contribution in [0.1, 0.15) is 6.42 Å². The largest absolute Gasteiger partial charge is 0.480 e. The van der Waals surface area contributed by atoms with Gasteiger partial charge in [0, 0.05) is 11.8 Å². The number of hydrogen-bond donors (Lipinski definition) is 2. The van der Waals surface area contributed by atoms with E-state index in [9.17, 15) is 14.9 Å². The molecule has 8 nitrogen and oxygen atoms in total. The number of rotatable bonds is 5. The van der Waals surface area contributed by atoms with E-state index in [2.05, 4.69) is 16.2 Å². The number of imidazole rings is 1. The Balaban J connectivity index is 2.41. The van der Waals surface area contributed by atoms with Gasteiger partial charge in [-0.1, -0.05) is 11.3 Å². The molecule has 2 rings (SSSR count). The van der Waals surface area contributed by atoms with Gasteiger partial charge in [0.05, 0.1) is 0 Å². The van der Waals surface area contributed by atoms with Crippen LogP contribution in [0.5, 0.6) is 0 Å². The number of carboxylic acids is 1. The van der Waals surface area contributed by atoms with Gasteiger partial charge in [0.25, 0.3) is 4.96 Å². The third-order valence-corrected chi connectivity index (χ3v) is 3.10. The van der Waals surface area contributed by atoms with Crippen LogP contribution >= 0.6 is 11.3 Å². The van der Waals surface area contributed by atoms with Crippen LogP contribution in [0.25, 0.3) is 4.96 Å². The Morgan fingerprint density at radius 2 is 2.53 bits per heavy atom. The molecule has 0 saturated carbocycles. The van der Waals surface area contributed by atoms with Crippen molar-refractivity contribution in [2.75, 3.05) is 5.32 Å². The van der Waals surface area contributed by atoms with E-state index in [1.807, 2.05) is 0 Å². The topological polar surface area (TPSA) is 110 Å². The van der Waals surface area contributed by atoms with E-state index in [1.54, 1.807) is 5.38 Å². The summed E-state index contributed by atoms with van der Waals surface area (Å²) >= 11 is 1.21. The number of aromatic nitrogens is 2. The molecule has 2 N–H and O–H groups in total. The monoisotopic (exact) mass is 280 g/mol.